The molecule has 0 saturated carbocycles. The van der Waals surface area contributed by atoms with Gasteiger partial charge in [-0.1, -0.05) is 39.3 Å². The lowest BCUT2D eigenvalue weighted by molar-refractivity contribution is 0.250. The highest BCUT2D eigenvalue weighted by Crippen LogP contribution is 2.34. The molecule has 2 N–H and O–H groups in total. The van der Waals surface area contributed by atoms with Crippen LogP contribution in [0.3, 0.4) is 0 Å². The first kappa shape index (κ1) is 14.0. The second-order valence-corrected chi connectivity index (χ2v) is 5.31. The highest BCUT2D eigenvalue weighted by molar-refractivity contribution is 5.41. The van der Waals surface area contributed by atoms with Crippen molar-refractivity contribution in [2.75, 3.05) is 6.61 Å². The SMILES string of the molecule is CCCCc1ccc(O)c(C(C)(C)CCO)c1. The summed E-state index contributed by atoms with van der Waals surface area (Å²) in [5, 5.41) is 19.0. The van der Waals surface area contributed by atoms with Crippen LogP contribution in [-0.4, -0.2) is 16.8 Å². The number of phenols is 1. The van der Waals surface area contributed by atoms with Crippen LogP contribution in [0.5, 0.6) is 5.75 Å². The summed E-state index contributed by atoms with van der Waals surface area (Å²) in [7, 11) is 0. The molecule has 0 spiro atoms. The molecule has 0 heterocycles. The summed E-state index contributed by atoms with van der Waals surface area (Å²) in [6.45, 7) is 6.44. The highest BCUT2D eigenvalue weighted by atomic mass is 16.3. The third-order valence-electron chi connectivity index (χ3n) is 3.35. The van der Waals surface area contributed by atoms with Gasteiger partial charge in [0.15, 0.2) is 0 Å². The smallest absolute Gasteiger partial charge is 0.119 e. The quantitative estimate of drug-likeness (QED) is 0.794. The van der Waals surface area contributed by atoms with Crippen molar-refractivity contribution < 1.29 is 10.2 Å². The van der Waals surface area contributed by atoms with Gasteiger partial charge in [0.05, 0.1) is 0 Å². The first-order valence-corrected chi connectivity index (χ1v) is 6.44. The van der Waals surface area contributed by atoms with Crippen molar-refractivity contribution in [2.45, 2.75) is 51.9 Å². The number of phenolic OH excluding ortho intramolecular Hbond substituents is 1. The molecule has 2 heteroatoms. The zero-order valence-corrected chi connectivity index (χ0v) is 11.2. The molecule has 0 amide bonds. The van der Waals surface area contributed by atoms with E-state index >= 15 is 0 Å². The van der Waals surface area contributed by atoms with Gasteiger partial charge in [0, 0.05) is 6.61 Å². The molecule has 0 saturated heterocycles. The first-order valence-electron chi connectivity index (χ1n) is 6.44. The summed E-state index contributed by atoms with van der Waals surface area (Å²) in [5.74, 6) is 0.337. The number of benzene rings is 1. The maximum absolute atomic E-state index is 9.94. The summed E-state index contributed by atoms with van der Waals surface area (Å²) < 4.78 is 0. The Bertz CT molecular complexity index is 356. The fourth-order valence-corrected chi connectivity index (χ4v) is 2.08. The average Bonchev–Trinajstić information content (AvgIpc) is 2.27. The largest absolute Gasteiger partial charge is 0.508 e. The van der Waals surface area contributed by atoms with Crippen LogP contribution in [0.4, 0.5) is 0 Å². The predicted molar refractivity (Wildman–Crippen MR) is 71.4 cm³/mol. The molecular formula is C15H24O2. The first-order chi connectivity index (χ1) is 8.01. The minimum absolute atomic E-state index is 0.144. The van der Waals surface area contributed by atoms with Crippen LogP contribution in [0.15, 0.2) is 18.2 Å². The van der Waals surface area contributed by atoms with E-state index < -0.39 is 0 Å². The third kappa shape index (κ3) is 3.74. The Balaban J connectivity index is 2.97. The number of aliphatic hydroxyl groups is 1. The third-order valence-corrected chi connectivity index (χ3v) is 3.35. The Kier molecular flexibility index (Phi) is 5.01. The molecule has 0 fully saturated rings. The summed E-state index contributed by atoms with van der Waals surface area (Å²) in [6.07, 6.45) is 4.07. The molecule has 0 bridgehead atoms. The van der Waals surface area contributed by atoms with Gasteiger partial charge in [-0.05, 0) is 41.9 Å². The summed E-state index contributed by atoms with van der Waals surface area (Å²) in [6, 6.07) is 5.85. The van der Waals surface area contributed by atoms with Gasteiger partial charge < -0.3 is 10.2 Å². The van der Waals surface area contributed by atoms with E-state index in [1.165, 1.54) is 18.4 Å². The molecule has 2 nitrogen and oxygen atoms in total. The standard InChI is InChI=1S/C15H24O2/c1-4-5-6-12-7-8-14(17)13(11-12)15(2,3)9-10-16/h7-8,11,16-17H,4-6,9-10H2,1-3H3. The number of aromatic hydroxyl groups is 1. The van der Waals surface area contributed by atoms with E-state index in [1.807, 2.05) is 6.07 Å². The number of aryl methyl sites for hydroxylation is 1. The van der Waals surface area contributed by atoms with Crippen LogP contribution >= 0.6 is 0 Å². The van der Waals surface area contributed by atoms with E-state index in [0.717, 1.165) is 12.0 Å². The Morgan fingerprint density at radius 2 is 1.94 bits per heavy atom. The zero-order valence-electron chi connectivity index (χ0n) is 11.2. The molecule has 1 rings (SSSR count). The summed E-state index contributed by atoms with van der Waals surface area (Å²) >= 11 is 0. The van der Waals surface area contributed by atoms with E-state index in [1.54, 1.807) is 6.07 Å². The maximum atomic E-state index is 9.94. The van der Waals surface area contributed by atoms with Crippen molar-refractivity contribution in [3.05, 3.63) is 29.3 Å². The molecule has 96 valence electrons. The van der Waals surface area contributed by atoms with Gasteiger partial charge in [-0.3, -0.25) is 0 Å². The van der Waals surface area contributed by atoms with Crippen molar-refractivity contribution in [1.82, 2.24) is 0 Å². The van der Waals surface area contributed by atoms with Crippen molar-refractivity contribution in [3.8, 4) is 5.75 Å². The van der Waals surface area contributed by atoms with Gasteiger partial charge in [0.1, 0.15) is 5.75 Å². The van der Waals surface area contributed by atoms with E-state index in [0.29, 0.717) is 12.2 Å². The van der Waals surface area contributed by atoms with Gasteiger partial charge in [-0.25, -0.2) is 0 Å². The van der Waals surface area contributed by atoms with Gasteiger partial charge in [-0.15, -0.1) is 0 Å². The molecule has 0 radical (unpaired) electrons. The van der Waals surface area contributed by atoms with Gasteiger partial charge in [0.2, 0.25) is 0 Å². The van der Waals surface area contributed by atoms with Crippen LogP contribution in [0.1, 0.15) is 51.2 Å². The van der Waals surface area contributed by atoms with Crippen LogP contribution in [-0.2, 0) is 11.8 Å². The fraction of sp³-hybridized carbons (Fsp3) is 0.600. The topological polar surface area (TPSA) is 40.5 Å². The molecule has 1 aromatic rings. The van der Waals surface area contributed by atoms with Gasteiger partial charge >= 0.3 is 0 Å². The molecule has 0 atom stereocenters. The normalized spacial score (nSPS) is 11.8. The second kappa shape index (κ2) is 6.06. The number of hydrogen-bond acceptors (Lipinski definition) is 2. The van der Waals surface area contributed by atoms with E-state index in [9.17, 15) is 5.11 Å². The molecule has 0 aliphatic heterocycles. The lowest BCUT2D eigenvalue weighted by Crippen LogP contribution is -2.19. The fourth-order valence-electron chi connectivity index (χ4n) is 2.08. The van der Waals surface area contributed by atoms with Crippen molar-refractivity contribution in [3.63, 3.8) is 0 Å². The van der Waals surface area contributed by atoms with E-state index in [4.69, 9.17) is 5.11 Å². The van der Waals surface area contributed by atoms with Crippen LogP contribution in [0, 0.1) is 0 Å². The second-order valence-electron chi connectivity index (χ2n) is 5.31. The number of aliphatic hydroxyl groups excluding tert-OH is 1. The summed E-state index contributed by atoms with van der Waals surface area (Å²) in [5.41, 5.74) is 2.03. The zero-order chi connectivity index (χ0) is 12.9. The molecular weight excluding hydrogens is 212 g/mol. The van der Waals surface area contributed by atoms with Crippen LogP contribution in [0.2, 0.25) is 0 Å². The highest BCUT2D eigenvalue weighted by Gasteiger charge is 2.23. The summed E-state index contributed by atoms with van der Waals surface area (Å²) in [4.78, 5) is 0. The minimum atomic E-state index is -0.180. The molecule has 17 heavy (non-hydrogen) atoms. The monoisotopic (exact) mass is 236 g/mol. The number of hydrogen-bond donors (Lipinski definition) is 2. The Hall–Kier alpha value is -1.02. The van der Waals surface area contributed by atoms with E-state index in [2.05, 4.69) is 26.8 Å². The minimum Gasteiger partial charge on any atom is -0.508 e. The molecule has 0 aromatic heterocycles. The van der Waals surface area contributed by atoms with Crippen LogP contribution in [0.25, 0.3) is 0 Å². The maximum Gasteiger partial charge on any atom is 0.119 e. The average molecular weight is 236 g/mol. The van der Waals surface area contributed by atoms with E-state index in [-0.39, 0.29) is 12.0 Å². The molecule has 1 aromatic carbocycles. The molecule has 0 aliphatic carbocycles. The van der Waals surface area contributed by atoms with Crippen molar-refractivity contribution >= 4 is 0 Å². The predicted octanol–water partition coefficient (Wildman–Crippen LogP) is 3.39. The van der Waals surface area contributed by atoms with Crippen LogP contribution < -0.4 is 0 Å². The molecule has 0 aliphatic rings. The Morgan fingerprint density at radius 1 is 1.24 bits per heavy atom. The Labute approximate surface area is 104 Å². The lowest BCUT2D eigenvalue weighted by Gasteiger charge is -2.25. The van der Waals surface area contributed by atoms with Crippen molar-refractivity contribution in [2.24, 2.45) is 0 Å². The van der Waals surface area contributed by atoms with Gasteiger partial charge in [0.25, 0.3) is 0 Å². The van der Waals surface area contributed by atoms with Crippen molar-refractivity contribution in [1.29, 1.82) is 0 Å². The van der Waals surface area contributed by atoms with Gasteiger partial charge in [-0.2, -0.15) is 0 Å². The number of unbranched alkanes of at least 4 members (excludes halogenated alkanes) is 1. The number of rotatable bonds is 6. The molecule has 0 unspecified atom stereocenters. The lowest BCUT2D eigenvalue weighted by atomic mass is 9.80. The Morgan fingerprint density at radius 3 is 2.53 bits per heavy atom.